The minimum atomic E-state index is -1.05. The molecule has 4 amide bonds. The Morgan fingerprint density at radius 1 is 1.35 bits per heavy atom. The van der Waals surface area contributed by atoms with Crippen molar-refractivity contribution in [2.45, 2.75) is 25.8 Å². The number of nitriles is 1. The van der Waals surface area contributed by atoms with E-state index < -0.39 is 42.5 Å². The van der Waals surface area contributed by atoms with E-state index in [0.29, 0.717) is 12.1 Å². The minimum absolute atomic E-state index is 0.269. The highest BCUT2D eigenvalue weighted by Gasteiger charge is 2.47. The SMILES string of the molecule is CC[C@]1(C)NC(=O)N(CC(=O)OCC(=O)Nc2ccccc2C#N)C1=O. The molecule has 1 saturated heterocycles. The first-order chi connectivity index (χ1) is 12.3. The lowest BCUT2D eigenvalue weighted by Crippen LogP contribution is -2.43. The van der Waals surface area contributed by atoms with E-state index in [1.807, 2.05) is 6.07 Å². The number of ether oxygens (including phenoxy) is 1. The second kappa shape index (κ2) is 7.65. The first-order valence-corrected chi connectivity index (χ1v) is 7.89. The molecule has 136 valence electrons. The monoisotopic (exact) mass is 358 g/mol. The molecule has 1 aliphatic rings. The van der Waals surface area contributed by atoms with Gasteiger partial charge in [0.1, 0.15) is 18.2 Å². The molecule has 26 heavy (non-hydrogen) atoms. The lowest BCUT2D eigenvalue weighted by Gasteiger charge is -2.18. The van der Waals surface area contributed by atoms with Crippen LogP contribution in [-0.4, -0.2) is 47.4 Å². The van der Waals surface area contributed by atoms with Crippen LogP contribution >= 0.6 is 0 Å². The molecule has 1 fully saturated rings. The molecule has 1 aliphatic heterocycles. The van der Waals surface area contributed by atoms with E-state index in [1.54, 1.807) is 26.0 Å². The molecule has 1 atom stereocenters. The number of amides is 4. The first kappa shape index (κ1) is 18.9. The summed E-state index contributed by atoms with van der Waals surface area (Å²) in [5.41, 5.74) is -0.482. The Morgan fingerprint density at radius 3 is 2.65 bits per heavy atom. The Bertz CT molecular complexity index is 801. The molecule has 1 aromatic rings. The van der Waals surface area contributed by atoms with Crippen LogP contribution in [0.5, 0.6) is 0 Å². The number of rotatable bonds is 6. The summed E-state index contributed by atoms with van der Waals surface area (Å²) in [6.45, 7) is 2.12. The molecule has 0 aliphatic carbocycles. The maximum atomic E-state index is 12.2. The molecule has 9 heteroatoms. The van der Waals surface area contributed by atoms with Crippen LogP contribution in [0.2, 0.25) is 0 Å². The number of hydrogen-bond acceptors (Lipinski definition) is 6. The highest BCUT2D eigenvalue weighted by atomic mass is 16.5. The maximum absolute atomic E-state index is 12.2. The molecule has 0 radical (unpaired) electrons. The van der Waals surface area contributed by atoms with Gasteiger partial charge in [-0.05, 0) is 25.5 Å². The normalized spacial score (nSPS) is 18.9. The largest absolute Gasteiger partial charge is 0.454 e. The van der Waals surface area contributed by atoms with Gasteiger partial charge >= 0.3 is 12.0 Å². The average Bonchev–Trinajstić information content (AvgIpc) is 2.84. The number of urea groups is 1. The summed E-state index contributed by atoms with van der Waals surface area (Å²) >= 11 is 0. The fourth-order valence-electron chi connectivity index (χ4n) is 2.33. The second-order valence-corrected chi connectivity index (χ2v) is 5.87. The van der Waals surface area contributed by atoms with Crippen molar-refractivity contribution in [1.82, 2.24) is 10.2 Å². The summed E-state index contributed by atoms with van der Waals surface area (Å²) in [5, 5.41) is 13.9. The highest BCUT2D eigenvalue weighted by molar-refractivity contribution is 6.08. The smallest absolute Gasteiger partial charge is 0.326 e. The summed E-state index contributed by atoms with van der Waals surface area (Å²) in [5.74, 6) is -2.05. The summed E-state index contributed by atoms with van der Waals surface area (Å²) in [4.78, 5) is 48.4. The number of hydrogen-bond donors (Lipinski definition) is 2. The van der Waals surface area contributed by atoms with Gasteiger partial charge in [-0.1, -0.05) is 19.1 Å². The summed E-state index contributed by atoms with van der Waals surface area (Å²) in [7, 11) is 0. The van der Waals surface area contributed by atoms with E-state index in [2.05, 4.69) is 10.6 Å². The van der Waals surface area contributed by atoms with E-state index in [1.165, 1.54) is 12.1 Å². The molecule has 2 rings (SSSR count). The lowest BCUT2D eigenvalue weighted by molar-refractivity contribution is -0.150. The van der Waals surface area contributed by atoms with E-state index in [9.17, 15) is 19.2 Å². The third kappa shape index (κ3) is 3.97. The minimum Gasteiger partial charge on any atom is -0.454 e. The van der Waals surface area contributed by atoms with Crippen LogP contribution in [0, 0.1) is 11.3 Å². The predicted molar refractivity (Wildman–Crippen MR) is 89.7 cm³/mol. The van der Waals surface area contributed by atoms with E-state index >= 15 is 0 Å². The fraction of sp³-hybridized carbons (Fsp3) is 0.353. The van der Waals surface area contributed by atoms with Gasteiger partial charge in [0.25, 0.3) is 11.8 Å². The first-order valence-electron chi connectivity index (χ1n) is 7.89. The molecular weight excluding hydrogens is 340 g/mol. The Morgan fingerprint density at radius 2 is 2.04 bits per heavy atom. The number of carbonyl (C=O) groups is 4. The zero-order chi connectivity index (χ0) is 19.3. The van der Waals surface area contributed by atoms with Crippen molar-refractivity contribution in [3.8, 4) is 6.07 Å². The molecule has 0 saturated carbocycles. The molecular formula is C17H18N4O5. The lowest BCUT2D eigenvalue weighted by atomic mass is 9.99. The third-order valence-corrected chi connectivity index (χ3v) is 4.03. The zero-order valence-electron chi connectivity index (χ0n) is 14.4. The highest BCUT2D eigenvalue weighted by Crippen LogP contribution is 2.20. The molecule has 1 heterocycles. The third-order valence-electron chi connectivity index (χ3n) is 4.03. The molecule has 9 nitrogen and oxygen atoms in total. The van der Waals surface area contributed by atoms with Gasteiger partial charge in [-0.25, -0.2) is 4.79 Å². The second-order valence-electron chi connectivity index (χ2n) is 5.87. The molecule has 0 bridgehead atoms. The van der Waals surface area contributed by atoms with Gasteiger partial charge in [-0.15, -0.1) is 0 Å². The van der Waals surface area contributed by atoms with Crippen LogP contribution in [0.15, 0.2) is 24.3 Å². The van der Waals surface area contributed by atoms with Crippen LogP contribution in [0.1, 0.15) is 25.8 Å². The van der Waals surface area contributed by atoms with E-state index in [-0.39, 0.29) is 5.56 Å². The van der Waals surface area contributed by atoms with Crippen molar-refractivity contribution in [3.63, 3.8) is 0 Å². The molecule has 0 aromatic heterocycles. The van der Waals surface area contributed by atoms with Crippen molar-refractivity contribution in [2.75, 3.05) is 18.5 Å². The Labute approximate surface area is 149 Å². The van der Waals surface area contributed by atoms with Gasteiger partial charge in [0.05, 0.1) is 11.3 Å². The number of nitrogens with zero attached hydrogens (tertiary/aromatic N) is 2. The van der Waals surface area contributed by atoms with Gasteiger partial charge in [0.2, 0.25) is 0 Å². The quantitative estimate of drug-likeness (QED) is 0.571. The van der Waals surface area contributed by atoms with Gasteiger partial charge in [-0.3, -0.25) is 19.3 Å². The van der Waals surface area contributed by atoms with E-state index in [4.69, 9.17) is 10.00 Å². The van der Waals surface area contributed by atoms with Gasteiger partial charge in [0, 0.05) is 0 Å². The average molecular weight is 358 g/mol. The Hall–Kier alpha value is -3.41. The van der Waals surface area contributed by atoms with Crippen LogP contribution in [0.25, 0.3) is 0 Å². The van der Waals surface area contributed by atoms with E-state index in [0.717, 1.165) is 4.90 Å². The number of benzene rings is 1. The Kier molecular flexibility index (Phi) is 5.57. The number of para-hydroxylation sites is 1. The Balaban J connectivity index is 1.87. The molecule has 0 spiro atoms. The summed E-state index contributed by atoms with van der Waals surface area (Å²) in [6.07, 6.45) is 0.379. The van der Waals surface area contributed by atoms with Crippen LogP contribution in [-0.2, 0) is 19.1 Å². The van der Waals surface area contributed by atoms with Crippen LogP contribution in [0.3, 0.4) is 0 Å². The molecule has 0 unspecified atom stereocenters. The maximum Gasteiger partial charge on any atom is 0.326 e. The predicted octanol–water partition coefficient (Wildman–Crippen LogP) is 0.760. The zero-order valence-corrected chi connectivity index (χ0v) is 14.4. The standard InChI is InChI=1S/C17H18N4O5/c1-3-17(2)15(24)21(16(25)20-17)9-14(23)26-10-13(22)19-12-7-5-4-6-11(12)8-18/h4-7H,3,9-10H2,1-2H3,(H,19,22)(H,20,25)/t17-/m0/s1. The topological polar surface area (TPSA) is 129 Å². The number of anilines is 1. The van der Waals surface area contributed by atoms with Crippen molar-refractivity contribution >= 4 is 29.5 Å². The van der Waals surface area contributed by atoms with Crippen LogP contribution < -0.4 is 10.6 Å². The number of nitrogens with one attached hydrogen (secondary N) is 2. The van der Waals surface area contributed by atoms with Crippen molar-refractivity contribution < 1.29 is 23.9 Å². The van der Waals surface area contributed by atoms with Crippen LogP contribution in [0.4, 0.5) is 10.5 Å². The molecule has 2 N–H and O–H groups in total. The van der Waals surface area contributed by atoms with Gasteiger partial charge < -0.3 is 15.4 Å². The number of carbonyl (C=O) groups excluding carboxylic acids is 4. The van der Waals surface area contributed by atoms with Gasteiger partial charge in [-0.2, -0.15) is 5.26 Å². The number of esters is 1. The van der Waals surface area contributed by atoms with Gasteiger partial charge in [0.15, 0.2) is 6.61 Å². The number of imide groups is 1. The van der Waals surface area contributed by atoms with Crippen molar-refractivity contribution in [2.24, 2.45) is 0 Å². The van der Waals surface area contributed by atoms with Crippen molar-refractivity contribution in [1.29, 1.82) is 5.26 Å². The fourth-order valence-corrected chi connectivity index (χ4v) is 2.33. The summed E-state index contributed by atoms with van der Waals surface area (Å²) < 4.78 is 4.80. The molecule has 1 aromatic carbocycles. The van der Waals surface area contributed by atoms with Crippen molar-refractivity contribution in [3.05, 3.63) is 29.8 Å². The summed E-state index contributed by atoms with van der Waals surface area (Å²) in [6, 6.07) is 7.61.